The van der Waals surface area contributed by atoms with Crippen LogP contribution in [0.2, 0.25) is 0 Å². The third-order valence-electron chi connectivity index (χ3n) is 5.72. The molecule has 9 heteroatoms. The van der Waals surface area contributed by atoms with E-state index in [-0.39, 0.29) is 29.9 Å². The Kier molecular flexibility index (Phi) is 7.29. The zero-order valence-electron chi connectivity index (χ0n) is 18.6. The van der Waals surface area contributed by atoms with Crippen molar-refractivity contribution in [2.75, 3.05) is 5.32 Å². The van der Waals surface area contributed by atoms with Crippen LogP contribution in [-0.4, -0.2) is 27.6 Å². The Hall–Kier alpha value is -2.91. The number of carbonyl (C=O) groups is 3. The first-order valence-corrected chi connectivity index (χ1v) is 12.7. The molecule has 2 aromatic heterocycles. The average molecular weight is 483 g/mol. The van der Waals surface area contributed by atoms with Crippen molar-refractivity contribution in [2.45, 2.75) is 46.1 Å². The van der Waals surface area contributed by atoms with Gasteiger partial charge in [-0.3, -0.25) is 14.4 Å². The van der Waals surface area contributed by atoms with Crippen molar-refractivity contribution >= 4 is 45.4 Å². The monoisotopic (exact) mass is 482 g/mol. The number of anilines is 1. The minimum Gasteiger partial charge on any atom is -0.350 e. The van der Waals surface area contributed by atoms with E-state index in [1.54, 1.807) is 11.3 Å². The van der Waals surface area contributed by atoms with Crippen molar-refractivity contribution in [3.05, 3.63) is 62.5 Å². The minimum atomic E-state index is -0.465. The molecule has 1 aromatic carbocycles. The number of carbonyl (C=O) groups excluding carboxylic acids is 3. The number of benzene rings is 1. The first kappa shape index (κ1) is 23.3. The smallest absolute Gasteiger partial charge is 0.228 e. The predicted octanol–water partition coefficient (Wildman–Crippen LogP) is 4.24. The summed E-state index contributed by atoms with van der Waals surface area (Å²) in [7, 11) is 0. The Morgan fingerprint density at radius 1 is 1.18 bits per heavy atom. The number of aromatic nitrogens is 2. The molecule has 172 valence electrons. The van der Waals surface area contributed by atoms with E-state index in [9.17, 15) is 14.4 Å². The zero-order chi connectivity index (χ0) is 23.4. The average Bonchev–Trinajstić information content (AvgIpc) is 3.44. The van der Waals surface area contributed by atoms with Gasteiger partial charge in [0.05, 0.1) is 33.7 Å². The van der Waals surface area contributed by atoms with Crippen molar-refractivity contribution in [2.24, 2.45) is 11.8 Å². The molecular weight excluding hydrogens is 456 g/mol. The lowest BCUT2D eigenvalue weighted by molar-refractivity contribution is -0.125. The van der Waals surface area contributed by atoms with Crippen molar-refractivity contribution in [1.82, 2.24) is 15.3 Å². The van der Waals surface area contributed by atoms with Gasteiger partial charge in [0.15, 0.2) is 10.9 Å². The van der Waals surface area contributed by atoms with Crippen LogP contribution < -0.4 is 10.6 Å². The lowest BCUT2D eigenvalue weighted by Gasteiger charge is -2.19. The van der Waals surface area contributed by atoms with E-state index in [0.717, 1.165) is 23.5 Å². The topological polar surface area (TPSA) is 101 Å². The molecule has 33 heavy (non-hydrogen) atoms. The molecule has 7 nitrogen and oxygen atoms in total. The zero-order valence-corrected chi connectivity index (χ0v) is 20.2. The van der Waals surface area contributed by atoms with Gasteiger partial charge < -0.3 is 10.6 Å². The molecule has 0 spiro atoms. The number of Topliss-reactive ketones (excluding diaryl/α,β-unsaturated/α-hetero) is 1. The maximum absolute atomic E-state index is 12.8. The molecule has 1 aliphatic rings. The minimum absolute atomic E-state index is 0.100. The molecule has 4 rings (SSSR count). The molecule has 2 amide bonds. The predicted molar refractivity (Wildman–Crippen MR) is 130 cm³/mol. The maximum Gasteiger partial charge on any atom is 0.228 e. The lowest BCUT2D eigenvalue weighted by Crippen LogP contribution is -2.35. The molecule has 0 aliphatic heterocycles. The van der Waals surface area contributed by atoms with Crippen LogP contribution in [0.1, 0.15) is 58.3 Å². The van der Waals surface area contributed by atoms with Gasteiger partial charge in [-0.1, -0.05) is 55.5 Å². The molecule has 2 unspecified atom stereocenters. The summed E-state index contributed by atoms with van der Waals surface area (Å²) >= 11 is 2.77. The summed E-state index contributed by atoms with van der Waals surface area (Å²) in [4.78, 5) is 47.1. The fraction of sp³-hybridized carbons (Fsp3) is 0.375. The van der Waals surface area contributed by atoms with E-state index in [1.807, 2.05) is 37.4 Å². The summed E-state index contributed by atoms with van der Waals surface area (Å²) in [6.07, 6.45) is 2.03. The number of rotatable bonds is 8. The number of nitrogens with zero attached hydrogens (tertiary/aromatic N) is 2. The molecule has 2 heterocycles. The Morgan fingerprint density at radius 2 is 1.97 bits per heavy atom. The lowest BCUT2D eigenvalue weighted by atomic mass is 9.89. The van der Waals surface area contributed by atoms with Crippen molar-refractivity contribution in [1.29, 1.82) is 0 Å². The third kappa shape index (κ3) is 5.72. The number of amides is 2. The first-order valence-electron chi connectivity index (χ1n) is 11.0. The quantitative estimate of drug-likeness (QED) is 0.500. The van der Waals surface area contributed by atoms with E-state index in [1.165, 1.54) is 16.9 Å². The summed E-state index contributed by atoms with van der Waals surface area (Å²) in [6.45, 7) is 4.12. The second kappa shape index (κ2) is 10.4. The van der Waals surface area contributed by atoms with Gasteiger partial charge in [0.1, 0.15) is 0 Å². The van der Waals surface area contributed by atoms with Gasteiger partial charge in [-0.15, -0.1) is 11.3 Å². The number of fused-ring (bicyclic) bond motifs is 1. The third-order valence-corrected chi connectivity index (χ3v) is 7.68. The molecule has 0 fully saturated rings. The van der Waals surface area contributed by atoms with Gasteiger partial charge in [0, 0.05) is 30.6 Å². The van der Waals surface area contributed by atoms with Crippen LogP contribution in [0.25, 0.3) is 0 Å². The van der Waals surface area contributed by atoms with Crippen LogP contribution in [0.15, 0.2) is 35.7 Å². The Balaban J connectivity index is 1.33. The van der Waals surface area contributed by atoms with Gasteiger partial charge in [-0.05, 0) is 12.0 Å². The Morgan fingerprint density at radius 3 is 2.73 bits per heavy atom. The van der Waals surface area contributed by atoms with Crippen LogP contribution in [0.5, 0.6) is 0 Å². The maximum atomic E-state index is 12.8. The van der Waals surface area contributed by atoms with Gasteiger partial charge in [-0.25, -0.2) is 9.97 Å². The molecule has 0 bridgehead atoms. The SMILES string of the molecule is CCC(C)C(=O)Nc1nc2c(s1)C(=O)CC(C(=O)NCc1csc(Cc3ccccc3)n1)C2. The van der Waals surface area contributed by atoms with E-state index in [0.29, 0.717) is 28.7 Å². The highest BCUT2D eigenvalue weighted by atomic mass is 32.1. The molecule has 0 saturated carbocycles. The standard InChI is InChI=1S/C24H26N4O3S2/c1-3-14(2)22(30)28-24-27-18-10-16(11-19(29)21(18)33-24)23(31)25-12-17-13-32-20(26-17)9-15-7-5-4-6-8-15/h4-8,13-14,16H,3,9-12H2,1-2H3,(H,25,31)(H,27,28,30). The summed E-state index contributed by atoms with van der Waals surface area (Å²) < 4.78 is 0. The van der Waals surface area contributed by atoms with Crippen LogP contribution in [-0.2, 0) is 29.0 Å². The van der Waals surface area contributed by atoms with Gasteiger partial charge >= 0.3 is 0 Å². The van der Waals surface area contributed by atoms with Crippen molar-refractivity contribution in [3.8, 4) is 0 Å². The van der Waals surface area contributed by atoms with E-state index in [4.69, 9.17) is 0 Å². The largest absolute Gasteiger partial charge is 0.350 e. The number of ketones is 1. The van der Waals surface area contributed by atoms with E-state index >= 15 is 0 Å². The fourth-order valence-corrected chi connectivity index (χ4v) is 5.36. The van der Waals surface area contributed by atoms with Crippen molar-refractivity contribution < 1.29 is 14.4 Å². The molecule has 2 N–H and O–H groups in total. The molecule has 2 atom stereocenters. The normalized spacial score (nSPS) is 16.2. The molecule has 0 radical (unpaired) electrons. The molecule has 0 saturated heterocycles. The van der Waals surface area contributed by atoms with Gasteiger partial charge in [-0.2, -0.15) is 0 Å². The highest BCUT2D eigenvalue weighted by molar-refractivity contribution is 7.17. The first-order chi connectivity index (χ1) is 15.9. The second-order valence-corrected chi connectivity index (χ2v) is 10.2. The Labute approximate surface area is 200 Å². The highest BCUT2D eigenvalue weighted by Gasteiger charge is 2.33. The van der Waals surface area contributed by atoms with Gasteiger partial charge in [0.25, 0.3) is 0 Å². The number of nitrogens with one attached hydrogen (secondary N) is 2. The summed E-state index contributed by atoms with van der Waals surface area (Å²) in [5.41, 5.74) is 2.60. The second-order valence-electron chi connectivity index (χ2n) is 8.23. The van der Waals surface area contributed by atoms with Crippen LogP contribution in [0, 0.1) is 11.8 Å². The number of hydrogen-bond acceptors (Lipinski definition) is 7. The summed E-state index contributed by atoms with van der Waals surface area (Å²) in [5.74, 6) is -0.978. The summed E-state index contributed by atoms with van der Waals surface area (Å²) in [6, 6.07) is 10.1. The number of thiazole rings is 2. The van der Waals surface area contributed by atoms with E-state index < -0.39 is 5.92 Å². The van der Waals surface area contributed by atoms with Crippen LogP contribution >= 0.6 is 22.7 Å². The summed E-state index contributed by atoms with van der Waals surface area (Å²) in [5, 5.41) is 9.08. The Bertz CT molecular complexity index is 1160. The molecule has 3 aromatic rings. The van der Waals surface area contributed by atoms with E-state index in [2.05, 4.69) is 32.7 Å². The number of hydrogen-bond donors (Lipinski definition) is 2. The van der Waals surface area contributed by atoms with Gasteiger partial charge in [0.2, 0.25) is 11.8 Å². The van der Waals surface area contributed by atoms with Crippen LogP contribution in [0.4, 0.5) is 5.13 Å². The highest BCUT2D eigenvalue weighted by Crippen LogP contribution is 2.32. The molecular formula is C24H26N4O3S2. The fourth-order valence-electron chi connectivity index (χ4n) is 3.59. The molecule has 1 aliphatic carbocycles. The van der Waals surface area contributed by atoms with Crippen molar-refractivity contribution in [3.63, 3.8) is 0 Å². The van der Waals surface area contributed by atoms with Crippen LogP contribution in [0.3, 0.4) is 0 Å².